The van der Waals surface area contributed by atoms with Crippen LogP contribution in [0, 0.1) is 5.41 Å². The van der Waals surface area contributed by atoms with Gasteiger partial charge in [0.2, 0.25) is 0 Å². The minimum atomic E-state index is -0.591. The number of hydrogen-bond donors (Lipinski definition) is 2. The highest BCUT2D eigenvalue weighted by atomic mass is 16.5. The van der Waals surface area contributed by atoms with Gasteiger partial charge < -0.3 is 19.8 Å². The van der Waals surface area contributed by atoms with Crippen molar-refractivity contribution in [2.24, 2.45) is 5.73 Å². The second-order valence-corrected chi connectivity index (χ2v) is 8.65. The largest absolute Gasteiger partial charge is 0.461 e. The Labute approximate surface area is 165 Å². The quantitative estimate of drug-likeness (QED) is 0.465. The summed E-state index contributed by atoms with van der Waals surface area (Å²) in [5.74, 6) is 0.177. The van der Waals surface area contributed by atoms with Gasteiger partial charge >= 0.3 is 5.97 Å². The van der Waals surface area contributed by atoms with Crippen LogP contribution >= 0.6 is 0 Å². The maximum absolute atomic E-state index is 12.6. The molecule has 1 unspecified atom stereocenters. The van der Waals surface area contributed by atoms with Crippen molar-refractivity contribution in [1.82, 2.24) is 4.57 Å². The Morgan fingerprint density at radius 2 is 2.11 bits per heavy atom. The first-order valence-corrected chi connectivity index (χ1v) is 10.1. The van der Waals surface area contributed by atoms with Gasteiger partial charge in [-0.1, -0.05) is 6.07 Å². The SMILES string of the molecule is CCOC(=O)c1cc2cc(C3CCOC(C)(C)C3)ccc2n1C1(C(=N)N)CC1. The Kier molecular flexibility index (Phi) is 4.49. The Hall–Kier alpha value is -2.34. The fourth-order valence-electron chi connectivity index (χ4n) is 4.55. The zero-order chi connectivity index (χ0) is 20.1. The van der Waals surface area contributed by atoms with Crippen molar-refractivity contribution in [3.8, 4) is 0 Å². The summed E-state index contributed by atoms with van der Waals surface area (Å²) in [7, 11) is 0. The first kappa shape index (κ1) is 19.0. The summed E-state index contributed by atoms with van der Waals surface area (Å²) < 4.78 is 13.1. The molecule has 2 aromatic rings. The van der Waals surface area contributed by atoms with Crippen LogP contribution in [-0.2, 0) is 15.0 Å². The molecule has 1 aliphatic heterocycles. The maximum Gasteiger partial charge on any atom is 0.355 e. The number of hydrogen-bond acceptors (Lipinski definition) is 4. The number of carbonyl (C=O) groups is 1. The van der Waals surface area contributed by atoms with Crippen LogP contribution in [0.1, 0.15) is 68.4 Å². The molecule has 3 N–H and O–H groups in total. The van der Waals surface area contributed by atoms with Gasteiger partial charge in [0.15, 0.2) is 0 Å². The second-order valence-electron chi connectivity index (χ2n) is 8.65. The van der Waals surface area contributed by atoms with Crippen LogP contribution in [0.2, 0.25) is 0 Å². The molecule has 1 aromatic carbocycles. The van der Waals surface area contributed by atoms with Crippen molar-refractivity contribution < 1.29 is 14.3 Å². The number of nitrogens with one attached hydrogen (secondary N) is 1. The van der Waals surface area contributed by atoms with Gasteiger partial charge in [-0.05, 0) is 76.1 Å². The normalized spacial score (nSPS) is 22.8. The third-order valence-corrected chi connectivity index (χ3v) is 6.13. The number of benzene rings is 1. The van der Waals surface area contributed by atoms with Crippen LogP contribution in [0.15, 0.2) is 24.3 Å². The van der Waals surface area contributed by atoms with Gasteiger partial charge in [-0.3, -0.25) is 5.41 Å². The van der Waals surface area contributed by atoms with Crippen LogP contribution in [0.4, 0.5) is 0 Å². The predicted molar refractivity (Wildman–Crippen MR) is 109 cm³/mol. The Morgan fingerprint density at radius 3 is 2.71 bits per heavy atom. The summed E-state index contributed by atoms with van der Waals surface area (Å²) in [6.45, 7) is 7.15. The van der Waals surface area contributed by atoms with Gasteiger partial charge in [-0.15, -0.1) is 0 Å². The zero-order valence-electron chi connectivity index (χ0n) is 16.9. The minimum Gasteiger partial charge on any atom is -0.461 e. The number of ether oxygens (including phenoxy) is 2. The molecule has 6 nitrogen and oxygen atoms in total. The molecule has 0 bridgehead atoms. The fraction of sp³-hybridized carbons (Fsp3) is 0.545. The molecule has 1 aromatic heterocycles. The van der Waals surface area contributed by atoms with E-state index in [1.54, 1.807) is 6.92 Å². The molecule has 2 aliphatic rings. The van der Waals surface area contributed by atoms with Crippen molar-refractivity contribution >= 4 is 22.7 Å². The van der Waals surface area contributed by atoms with Crippen LogP contribution < -0.4 is 5.73 Å². The van der Waals surface area contributed by atoms with E-state index in [1.165, 1.54) is 5.56 Å². The van der Waals surface area contributed by atoms with Crippen molar-refractivity contribution in [2.45, 2.75) is 63.5 Å². The van der Waals surface area contributed by atoms with Gasteiger partial charge in [0.1, 0.15) is 17.1 Å². The second kappa shape index (κ2) is 6.62. The highest BCUT2D eigenvalue weighted by Gasteiger charge is 2.50. The molecular weight excluding hydrogens is 354 g/mol. The summed E-state index contributed by atoms with van der Waals surface area (Å²) in [5.41, 5.74) is 7.91. The first-order chi connectivity index (χ1) is 13.3. The van der Waals surface area contributed by atoms with Gasteiger partial charge in [-0.25, -0.2) is 4.79 Å². The lowest BCUT2D eigenvalue weighted by Gasteiger charge is -2.35. The van der Waals surface area contributed by atoms with Crippen molar-refractivity contribution in [2.75, 3.05) is 13.2 Å². The zero-order valence-corrected chi connectivity index (χ0v) is 16.9. The van der Waals surface area contributed by atoms with Gasteiger partial charge in [-0.2, -0.15) is 0 Å². The topological polar surface area (TPSA) is 90.3 Å². The number of amidine groups is 1. The van der Waals surface area contributed by atoms with E-state index in [2.05, 4.69) is 32.0 Å². The smallest absolute Gasteiger partial charge is 0.355 e. The Balaban J connectivity index is 1.80. The number of fused-ring (bicyclic) bond motifs is 1. The van der Waals surface area contributed by atoms with Gasteiger partial charge in [0.05, 0.1) is 12.2 Å². The summed E-state index contributed by atoms with van der Waals surface area (Å²) in [6.07, 6.45) is 3.52. The van der Waals surface area contributed by atoms with E-state index in [1.807, 2.05) is 10.6 Å². The van der Waals surface area contributed by atoms with E-state index in [-0.39, 0.29) is 17.4 Å². The van der Waals surface area contributed by atoms with Crippen LogP contribution in [0.5, 0.6) is 0 Å². The number of nitrogens with zero attached hydrogens (tertiary/aromatic N) is 1. The van der Waals surface area contributed by atoms with Crippen LogP contribution in [0.25, 0.3) is 10.9 Å². The molecule has 1 saturated carbocycles. The average molecular weight is 383 g/mol. The molecule has 6 heteroatoms. The van der Waals surface area contributed by atoms with Crippen LogP contribution in [0.3, 0.4) is 0 Å². The molecule has 1 saturated heterocycles. The van der Waals surface area contributed by atoms with Crippen molar-refractivity contribution in [3.05, 3.63) is 35.5 Å². The van der Waals surface area contributed by atoms with E-state index >= 15 is 0 Å². The maximum atomic E-state index is 12.6. The fourth-order valence-corrected chi connectivity index (χ4v) is 4.55. The highest BCUT2D eigenvalue weighted by molar-refractivity contribution is 5.99. The molecule has 4 rings (SSSR count). The molecular formula is C22H29N3O3. The van der Waals surface area contributed by atoms with E-state index in [0.29, 0.717) is 18.2 Å². The standard InChI is InChI=1S/C22H29N3O3/c1-4-27-19(26)18-12-16-11-14(15-7-10-28-21(2,3)13-15)5-6-17(16)25(18)22(8-9-22)20(23)24/h5-6,11-12,15H,4,7-10,13H2,1-3H3,(H3,23,24). The monoisotopic (exact) mass is 383 g/mol. The number of nitrogens with two attached hydrogens (primary N) is 1. The number of rotatable bonds is 5. The van der Waals surface area contributed by atoms with Crippen molar-refractivity contribution in [1.29, 1.82) is 5.41 Å². The molecule has 150 valence electrons. The molecule has 1 aliphatic carbocycles. The minimum absolute atomic E-state index is 0.103. The third-order valence-electron chi connectivity index (χ3n) is 6.13. The lowest BCUT2D eigenvalue weighted by Crippen LogP contribution is -2.35. The van der Waals surface area contributed by atoms with Crippen LogP contribution in [-0.4, -0.2) is 35.2 Å². The number of esters is 1. The summed E-state index contributed by atoms with van der Waals surface area (Å²) in [4.78, 5) is 12.6. The Bertz CT molecular complexity index is 940. The predicted octanol–water partition coefficient (Wildman–Crippen LogP) is 3.92. The first-order valence-electron chi connectivity index (χ1n) is 10.1. The molecule has 1 atom stereocenters. The van der Waals surface area contributed by atoms with E-state index in [4.69, 9.17) is 20.6 Å². The van der Waals surface area contributed by atoms with E-state index < -0.39 is 5.54 Å². The molecule has 0 spiro atoms. The van der Waals surface area contributed by atoms with Gasteiger partial charge in [0, 0.05) is 17.5 Å². The summed E-state index contributed by atoms with van der Waals surface area (Å²) >= 11 is 0. The molecule has 0 radical (unpaired) electrons. The summed E-state index contributed by atoms with van der Waals surface area (Å²) in [6, 6.07) is 8.29. The van der Waals surface area contributed by atoms with Crippen molar-refractivity contribution in [3.63, 3.8) is 0 Å². The molecule has 28 heavy (non-hydrogen) atoms. The van der Waals surface area contributed by atoms with E-state index in [9.17, 15) is 4.79 Å². The lowest BCUT2D eigenvalue weighted by molar-refractivity contribution is -0.0592. The molecule has 2 heterocycles. The van der Waals surface area contributed by atoms with Gasteiger partial charge in [0.25, 0.3) is 0 Å². The molecule has 0 amide bonds. The summed E-state index contributed by atoms with van der Waals surface area (Å²) in [5, 5.41) is 9.09. The number of aromatic nitrogens is 1. The molecule has 2 fully saturated rings. The van der Waals surface area contributed by atoms with E-state index in [0.717, 1.165) is 43.2 Å². The third kappa shape index (κ3) is 3.09. The average Bonchev–Trinajstić information content (AvgIpc) is 3.35. The highest BCUT2D eigenvalue weighted by Crippen LogP contribution is 2.47. The lowest BCUT2D eigenvalue weighted by atomic mass is 9.83. The number of carbonyl (C=O) groups excluding carboxylic acids is 1. The Morgan fingerprint density at radius 1 is 1.36 bits per heavy atom.